The summed E-state index contributed by atoms with van der Waals surface area (Å²) in [5.74, 6) is -0.585. The maximum Gasteiger partial charge on any atom is 0.252 e. The van der Waals surface area contributed by atoms with Gasteiger partial charge in [-0.05, 0) is 55.5 Å². The van der Waals surface area contributed by atoms with Crippen LogP contribution in [0, 0.1) is 6.92 Å². The van der Waals surface area contributed by atoms with Crippen molar-refractivity contribution in [2.75, 3.05) is 10.6 Å². The Kier molecular flexibility index (Phi) is 8.10. The van der Waals surface area contributed by atoms with Gasteiger partial charge in [-0.1, -0.05) is 52.5 Å². The van der Waals surface area contributed by atoms with Crippen molar-refractivity contribution in [1.29, 1.82) is 0 Å². The molecular weight excluding hydrogens is 455 g/mol. The number of aryl methyl sites for hydroxylation is 1. The van der Waals surface area contributed by atoms with Crippen LogP contribution in [0.15, 0.2) is 48.5 Å². The molecule has 0 unspecified atom stereocenters. The highest BCUT2D eigenvalue weighted by atomic mass is 35.6. The summed E-state index contributed by atoms with van der Waals surface area (Å²) in [6.07, 6.45) is -1.08. The summed E-state index contributed by atoms with van der Waals surface area (Å²) in [7, 11) is 0. The molecule has 0 aliphatic heterocycles. The highest BCUT2D eigenvalue weighted by Crippen LogP contribution is 2.29. The molecule has 0 saturated heterocycles. The Balaban J connectivity index is 2.03. The number of hydrogen-bond acceptors (Lipinski definition) is 3. The molecule has 6 nitrogen and oxygen atoms in total. The van der Waals surface area contributed by atoms with Crippen LogP contribution in [-0.2, 0) is 4.79 Å². The first kappa shape index (κ1) is 23.2. The van der Waals surface area contributed by atoms with E-state index in [1.54, 1.807) is 42.5 Å². The number of alkyl halides is 3. The van der Waals surface area contributed by atoms with E-state index in [9.17, 15) is 9.59 Å². The fourth-order valence-electron chi connectivity index (χ4n) is 2.34. The van der Waals surface area contributed by atoms with Gasteiger partial charge in [-0.25, -0.2) is 0 Å². The van der Waals surface area contributed by atoms with Gasteiger partial charge in [-0.2, -0.15) is 0 Å². The molecule has 0 bridgehead atoms. The van der Waals surface area contributed by atoms with Crippen LogP contribution >= 0.6 is 47.0 Å². The van der Waals surface area contributed by atoms with Crippen molar-refractivity contribution in [3.05, 3.63) is 59.7 Å². The lowest BCUT2D eigenvalue weighted by Crippen LogP contribution is -2.56. The summed E-state index contributed by atoms with van der Waals surface area (Å²) in [6, 6.07) is 13.9. The van der Waals surface area contributed by atoms with Gasteiger partial charge in [-0.15, -0.1) is 0 Å². The number of rotatable bonds is 5. The first-order valence-electron chi connectivity index (χ1n) is 8.44. The SMILES string of the molecule is CC(=O)Nc1ccc(NC(=S)N[C@@H](NC(=O)c2cccc(C)c2)C(Cl)(Cl)Cl)cc1. The molecule has 2 aromatic carbocycles. The van der Waals surface area contributed by atoms with Crippen LogP contribution in [0.1, 0.15) is 22.8 Å². The van der Waals surface area contributed by atoms with Gasteiger partial charge in [0.05, 0.1) is 0 Å². The fraction of sp³-hybridized carbons (Fsp3) is 0.211. The first-order valence-corrected chi connectivity index (χ1v) is 9.98. The number of nitrogens with one attached hydrogen (secondary N) is 4. The molecule has 2 amide bonds. The molecular formula is C19H19Cl3N4O2S. The van der Waals surface area contributed by atoms with Crippen LogP contribution in [0.3, 0.4) is 0 Å². The Labute approximate surface area is 189 Å². The van der Waals surface area contributed by atoms with E-state index in [0.29, 0.717) is 16.9 Å². The van der Waals surface area contributed by atoms with Crippen molar-refractivity contribution in [2.45, 2.75) is 23.8 Å². The summed E-state index contributed by atoms with van der Waals surface area (Å²) >= 11 is 23.3. The number of amides is 2. The zero-order chi connectivity index (χ0) is 21.6. The van der Waals surface area contributed by atoms with Crippen LogP contribution in [0.5, 0.6) is 0 Å². The smallest absolute Gasteiger partial charge is 0.252 e. The van der Waals surface area contributed by atoms with Crippen molar-refractivity contribution in [2.24, 2.45) is 0 Å². The molecule has 10 heteroatoms. The molecule has 2 rings (SSSR count). The lowest BCUT2D eigenvalue weighted by molar-refractivity contribution is -0.114. The molecule has 0 aromatic heterocycles. The summed E-state index contributed by atoms with van der Waals surface area (Å²) < 4.78 is -1.86. The minimum absolute atomic E-state index is 0.137. The zero-order valence-corrected chi connectivity index (χ0v) is 18.6. The zero-order valence-electron chi connectivity index (χ0n) is 15.6. The van der Waals surface area contributed by atoms with E-state index in [4.69, 9.17) is 47.0 Å². The van der Waals surface area contributed by atoms with Gasteiger partial charge >= 0.3 is 0 Å². The molecule has 0 spiro atoms. The summed E-state index contributed by atoms with van der Waals surface area (Å²) in [5.41, 5.74) is 2.64. The van der Waals surface area contributed by atoms with Gasteiger partial charge in [0, 0.05) is 23.9 Å². The Morgan fingerprint density at radius 1 is 0.966 bits per heavy atom. The largest absolute Gasteiger partial charge is 0.339 e. The molecule has 0 saturated carbocycles. The van der Waals surface area contributed by atoms with E-state index in [1.807, 2.05) is 13.0 Å². The minimum Gasteiger partial charge on any atom is -0.339 e. The number of hydrogen-bond donors (Lipinski definition) is 4. The standard InChI is InChI=1S/C19H19Cl3N4O2S/c1-11-4-3-5-13(10-11)16(28)25-17(19(20,21)22)26-18(29)24-15-8-6-14(7-9-15)23-12(2)27/h3-10,17H,1-2H3,(H,23,27)(H,25,28)(H2,24,26,29)/t17-/m1/s1. The van der Waals surface area contributed by atoms with Crippen LogP contribution in [0.25, 0.3) is 0 Å². The fourth-order valence-corrected chi connectivity index (χ4v) is 2.90. The van der Waals surface area contributed by atoms with E-state index in [0.717, 1.165) is 5.56 Å². The predicted octanol–water partition coefficient (Wildman–Crippen LogP) is 4.37. The number of thiocarbonyl (C=S) groups is 1. The molecule has 0 fully saturated rings. The number of benzene rings is 2. The van der Waals surface area contributed by atoms with Crippen molar-refractivity contribution >= 4 is 75.3 Å². The van der Waals surface area contributed by atoms with E-state index in [1.165, 1.54) is 6.92 Å². The highest BCUT2D eigenvalue weighted by molar-refractivity contribution is 7.80. The number of carbonyl (C=O) groups excluding carboxylic acids is 2. The second-order valence-corrected chi connectivity index (χ2v) is 8.95. The molecule has 154 valence electrons. The van der Waals surface area contributed by atoms with Crippen molar-refractivity contribution in [3.8, 4) is 0 Å². The minimum atomic E-state index is -1.86. The van der Waals surface area contributed by atoms with Crippen LogP contribution in [-0.4, -0.2) is 26.9 Å². The molecule has 29 heavy (non-hydrogen) atoms. The summed E-state index contributed by atoms with van der Waals surface area (Å²) in [6.45, 7) is 3.30. The Morgan fingerprint density at radius 2 is 1.55 bits per heavy atom. The topological polar surface area (TPSA) is 82.3 Å². The molecule has 0 heterocycles. The van der Waals surface area contributed by atoms with Gasteiger partial charge in [0.15, 0.2) is 5.11 Å². The van der Waals surface area contributed by atoms with Crippen LogP contribution in [0.2, 0.25) is 0 Å². The third-order valence-corrected chi connectivity index (χ3v) is 4.50. The van der Waals surface area contributed by atoms with Gasteiger partial charge in [-0.3, -0.25) is 9.59 Å². The van der Waals surface area contributed by atoms with Crippen molar-refractivity contribution < 1.29 is 9.59 Å². The maximum atomic E-state index is 12.5. The van der Waals surface area contributed by atoms with E-state index in [2.05, 4.69) is 21.3 Å². The lowest BCUT2D eigenvalue weighted by Gasteiger charge is -2.28. The number of halogens is 3. The quantitative estimate of drug-likeness (QED) is 0.295. The molecule has 4 N–H and O–H groups in total. The normalized spacial score (nSPS) is 11.9. The van der Waals surface area contributed by atoms with Gasteiger partial charge in [0.25, 0.3) is 5.91 Å². The molecule has 0 radical (unpaired) electrons. The van der Waals surface area contributed by atoms with Crippen LogP contribution < -0.4 is 21.3 Å². The third kappa shape index (κ3) is 7.70. The van der Waals surface area contributed by atoms with Crippen molar-refractivity contribution in [1.82, 2.24) is 10.6 Å². The predicted molar refractivity (Wildman–Crippen MR) is 123 cm³/mol. The maximum absolute atomic E-state index is 12.5. The van der Waals surface area contributed by atoms with E-state index >= 15 is 0 Å². The molecule has 0 aliphatic rings. The Morgan fingerprint density at radius 3 is 2.07 bits per heavy atom. The van der Waals surface area contributed by atoms with Gasteiger partial charge < -0.3 is 21.3 Å². The van der Waals surface area contributed by atoms with Crippen molar-refractivity contribution in [3.63, 3.8) is 0 Å². The average Bonchev–Trinajstić information content (AvgIpc) is 2.61. The lowest BCUT2D eigenvalue weighted by atomic mass is 10.1. The van der Waals surface area contributed by atoms with Crippen LogP contribution in [0.4, 0.5) is 11.4 Å². The van der Waals surface area contributed by atoms with Gasteiger partial charge in [0.1, 0.15) is 6.17 Å². The third-order valence-electron chi connectivity index (χ3n) is 3.62. The first-order chi connectivity index (χ1) is 13.5. The Bertz CT molecular complexity index is 901. The monoisotopic (exact) mass is 472 g/mol. The van der Waals surface area contributed by atoms with E-state index in [-0.39, 0.29) is 11.0 Å². The Hall–Kier alpha value is -2.06. The molecule has 2 aromatic rings. The highest BCUT2D eigenvalue weighted by Gasteiger charge is 2.34. The molecule has 1 atom stereocenters. The second-order valence-electron chi connectivity index (χ2n) is 6.17. The molecule has 0 aliphatic carbocycles. The van der Waals surface area contributed by atoms with E-state index < -0.39 is 15.9 Å². The average molecular weight is 474 g/mol. The number of anilines is 2. The number of carbonyl (C=O) groups is 2. The van der Waals surface area contributed by atoms with Gasteiger partial charge in [0.2, 0.25) is 9.70 Å². The summed E-state index contributed by atoms with van der Waals surface area (Å²) in [5, 5.41) is 11.1. The summed E-state index contributed by atoms with van der Waals surface area (Å²) in [4.78, 5) is 23.6. The second kappa shape index (κ2) is 10.1.